The van der Waals surface area contributed by atoms with Gasteiger partial charge >= 0.3 is 0 Å². The molecule has 1 rings (SSSR count). The molecule has 1 aromatic carbocycles. The molecule has 0 amide bonds. The third-order valence-electron chi connectivity index (χ3n) is 2.45. The van der Waals surface area contributed by atoms with Crippen LogP contribution in [0.4, 0.5) is 0 Å². The van der Waals surface area contributed by atoms with Gasteiger partial charge in [-0.3, -0.25) is 0 Å². The molecule has 0 spiro atoms. The lowest BCUT2D eigenvalue weighted by Gasteiger charge is -2.13. The van der Waals surface area contributed by atoms with Gasteiger partial charge in [0.25, 0.3) is 0 Å². The van der Waals surface area contributed by atoms with Gasteiger partial charge in [0.15, 0.2) is 0 Å². The summed E-state index contributed by atoms with van der Waals surface area (Å²) in [6.07, 6.45) is 1.02. The maximum atomic E-state index is 5.50. The average Bonchev–Trinajstić information content (AvgIpc) is 2.17. The number of benzene rings is 1. The molecular weight excluding hydrogens is 252 g/mol. The van der Waals surface area contributed by atoms with Crippen LogP contribution in [0.2, 0.25) is 0 Å². The first-order valence-electron chi connectivity index (χ1n) is 5.32. The van der Waals surface area contributed by atoms with Gasteiger partial charge in [0, 0.05) is 17.1 Å². The minimum absolute atomic E-state index is 0.475. The third kappa shape index (κ3) is 4.33. The van der Waals surface area contributed by atoms with E-state index in [9.17, 15) is 0 Å². The lowest BCUT2D eigenvalue weighted by atomic mass is 10.1. The highest BCUT2D eigenvalue weighted by molar-refractivity contribution is 9.10. The summed E-state index contributed by atoms with van der Waals surface area (Å²) in [5, 5.41) is 3.45. The van der Waals surface area contributed by atoms with Gasteiger partial charge in [0.05, 0.1) is 0 Å². The standard InChI is InChI=1S/C12H19BrN2/c1-9-3-4-11(12(13)7-9)8-15-10(2)5-6-14/h3-4,7,10,15H,5-6,8,14H2,1-2H3. The van der Waals surface area contributed by atoms with E-state index in [4.69, 9.17) is 5.73 Å². The van der Waals surface area contributed by atoms with E-state index in [0.717, 1.165) is 19.5 Å². The number of hydrogen-bond donors (Lipinski definition) is 2. The Hall–Kier alpha value is -0.380. The van der Waals surface area contributed by atoms with Gasteiger partial charge in [-0.15, -0.1) is 0 Å². The van der Waals surface area contributed by atoms with Crippen LogP contribution in [0.3, 0.4) is 0 Å². The van der Waals surface area contributed by atoms with Crippen LogP contribution >= 0.6 is 15.9 Å². The Morgan fingerprint density at radius 1 is 1.47 bits per heavy atom. The number of hydrogen-bond acceptors (Lipinski definition) is 2. The zero-order chi connectivity index (χ0) is 11.3. The van der Waals surface area contributed by atoms with E-state index in [-0.39, 0.29) is 0 Å². The number of nitrogens with two attached hydrogens (primary N) is 1. The van der Waals surface area contributed by atoms with Crippen LogP contribution in [-0.2, 0) is 6.54 Å². The van der Waals surface area contributed by atoms with Crippen molar-refractivity contribution in [3.8, 4) is 0 Å². The van der Waals surface area contributed by atoms with Crippen LogP contribution in [0.15, 0.2) is 22.7 Å². The normalized spacial score (nSPS) is 12.8. The predicted molar refractivity (Wildman–Crippen MR) is 68.9 cm³/mol. The number of aryl methyl sites for hydroxylation is 1. The quantitative estimate of drug-likeness (QED) is 0.863. The molecule has 3 N–H and O–H groups in total. The molecule has 0 heterocycles. The highest BCUT2D eigenvalue weighted by atomic mass is 79.9. The summed E-state index contributed by atoms with van der Waals surface area (Å²) in [5.74, 6) is 0. The average molecular weight is 271 g/mol. The van der Waals surface area contributed by atoms with Crippen molar-refractivity contribution in [3.63, 3.8) is 0 Å². The Bertz CT molecular complexity index is 312. The van der Waals surface area contributed by atoms with E-state index in [1.54, 1.807) is 0 Å². The van der Waals surface area contributed by atoms with E-state index >= 15 is 0 Å². The Kier molecular flexibility index (Phi) is 5.29. The van der Waals surface area contributed by atoms with Gasteiger partial charge in [-0.25, -0.2) is 0 Å². The van der Waals surface area contributed by atoms with Crippen LogP contribution < -0.4 is 11.1 Å². The molecule has 0 aromatic heterocycles. The SMILES string of the molecule is Cc1ccc(CNC(C)CCN)c(Br)c1. The molecule has 15 heavy (non-hydrogen) atoms. The van der Waals surface area contributed by atoms with Crippen molar-refractivity contribution >= 4 is 15.9 Å². The molecule has 1 atom stereocenters. The van der Waals surface area contributed by atoms with E-state index in [2.05, 4.69) is 53.3 Å². The van der Waals surface area contributed by atoms with E-state index in [1.165, 1.54) is 15.6 Å². The molecule has 0 fully saturated rings. The van der Waals surface area contributed by atoms with Gasteiger partial charge in [0.2, 0.25) is 0 Å². The topological polar surface area (TPSA) is 38.0 Å². The summed E-state index contributed by atoms with van der Waals surface area (Å²) in [5.41, 5.74) is 8.07. The smallest absolute Gasteiger partial charge is 0.0222 e. The summed E-state index contributed by atoms with van der Waals surface area (Å²) in [6.45, 7) is 5.89. The number of halogens is 1. The molecule has 0 aliphatic carbocycles. The van der Waals surface area contributed by atoms with Crippen molar-refractivity contribution in [1.82, 2.24) is 5.32 Å². The summed E-state index contributed by atoms with van der Waals surface area (Å²) in [6, 6.07) is 6.91. The predicted octanol–water partition coefficient (Wildman–Crippen LogP) is 2.58. The van der Waals surface area contributed by atoms with Gasteiger partial charge in [-0.1, -0.05) is 28.1 Å². The minimum atomic E-state index is 0.475. The molecule has 0 saturated heterocycles. The van der Waals surface area contributed by atoms with Gasteiger partial charge in [-0.2, -0.15) is 0 Å². The van der Waals surface area contributed by atoms with Crippen LogP contribution in [0.1, 0.15) is 24.5 Å². The molecule has 0 aliphatic rings. The summed E-state index contributed by atoms with van der Waals surface area (Å²) >= 11 is 3.57. The van der Waals surface area contributed by atoms with Crippen LogP contribution in [0.25, 0.3) is 0 Å². The molecule has 3 heteroatoms. The van der Waals surface area contributed by atoms with Crippen molar-refractivity contribution in [2.24, 2.45) is 5.73 Å². The molecule has 0 radical (unpaired) electrons. The van der Waals surface area contributed by atoms with Crippen molar-refractivity contribution in [1.29, 1.82) is 0 Å². The minimum Gasteiger partial charge on any atom is -0.330 e. The molecular formula is C12H19BrN2. The van der Waals surface area contributed by atoms with Crippen molar-refractivity contribution in [3.05, 3.63) is 33.8 Å². The zero-order valence-corrected chi connectivity index (χ0v) is 11.0. The molecule has 1 unspecified atom stereocenters. The number of nitrogens with one attached hydrogen (secondary N) is 1. The Balaban J connectivity index is 2.50. The third-order valence-corrected chi connectivity index (χ3v) is 3.19. The van der Waals surface area contributed by atoms with E-state index < -0.39 is 0 Å². The van der Waals surface area contributed by atoms with Crippen molar-refractivity contribution in [2.75, 3.05) is 6.54 Å². The fourth-order valence-corrected chi connectivity index (χ4v) is 2.07. The first-order valence-corrected chi connectivity index (χ1v) is 6.11. The summed E-state index contributed by atoms with van der Waals surface area (Å²) in [4.78, 5) is 0. The molecule has 0 saturated carbocycles. The van der Waals surface area contributed by atoms with Crippen LogP contribution in [0.5, 0.6) is 0 Å². The second-order valence-electron chi connectivity index (χ2n) is 3.95. The molecule has 1 aromatic rings. The second kappa shape index (κ2) is 6.26. The first kappa shape index (κ1) is 12.7. The largest absolute Gasteiger partial charge is 0.330 e. The molecule has 84 valence electrons. The highest BCUT2D eigenvalue weighted by Gasteiger charge is 2.03. The fourth-order valence-electron chi connectivity index (χ4n) is 1.43. The zero-order valence-electron chi connectivity index (χ0n) is 9.39. The highest BCUT2D eigenvalue weighted by Crippen LogP contribution is 2.18. The fraction of sp³-hybridized carbons (Fsp3) is 0.500. The Labute approximate surface area is 100 Å². The lowest BCUT2D eigenvalue weighted by Crippen LogP contribution is -2.27. The van der Waals surface area contributed by atoms with Gasteiger partial charge in [-0.05, 0) is 44.0 Å². The van der Waals surface area contributed by atoms with Crippen molar-refractivity contribution in [2.45, 2.75) is 32.9 Å². The van der Waals surface area contributed by atoms with Gasteiger partial charge < -0.3 is 11.1 Å². The van der Waals surface area contributed by atoms with Crippen LogP contribution in [0, 0.1) is 6.92 Å². The Morgan fingerprint density at radius 3 is 2.80 bits per heavy atom. The first-order chi connectivity index (χ1) is 7.13. The molecule has 2 nitrogen and oxygen atoms in total. The molecule has 0 bridgehead atoms. The monoisotopic (exact) mass is 270 g/mol. The van der Waals surface area contributed by atoms with Crippen LogP contribution in [-0.4, -0.2) is 12.6 Å². The molecule has 0 aliphatic heterocycles. The van der Waals surface area contributed by atoms with E-state index in [0.29, 0.717) is 6.04 Å². The summed E-state index contributed by atoms with van der Waals surface area (Å²) in [7, 11) is 0. The Morgan fingerprint density at radius 2 is 2.20 bits per heavy atom. The van der Waals surface area contributed by atoms with Gasteiger partial charge in [0.1, 0.15) is 0 Å². The summed E-state index contributed by atoms with van der Waals surface area (Å²) < 4.78 is 1.18. The van der Waals surface area contributed by atoms with E-state index in [1.807, 2.05) is 0 Å². The maximum Gasteiger partial charge on any atom is 0.0222 e. The second-order valence-corrected chi connectivity index (χ2v) is 4.81. The maximum absolute atomic E-state index is 5.50. The number of rotatable bonds is 5. The van der Waals surface area contributed by atoms with Crippen molar-refractivity contribution < 1.29 is 0 Å². The lowest BCUT2D eigenvalue weighted by molar-refractivity contribution is 0.519.